The minimum atomic E-state index is -0.0242. The number of aromatic nitrogens is 1. The minimum Gasteiger partial charge on any atom is -0.333 e. The van der Waals surface area contributed by atoms with Crippen LogP contribution in [0.25, 0.3) is 0 Å². The van der Waals surface area contributed by atoms with Gasteiger partial charge < -0.3 is 10.2 Å². The van der Waals surface area contributed by atoms with E-state index in [2.05, 4.69) is 17.2 Å². The van der Waals surface area contributed by atoms with Gasteiger partial charge in [0.15, 0.2) is 5.78 Å². The summed E-state index contributed by atoms with van der Waals surface area (Å²) in [6.07, 6.45) is 4.97. The summed E-state index contributed by atoms with van der Waals surface area (Å²) in [4.78, 5) is 31.2. The van der Waals surface area contributed by atoms with Gasteiger partial charge in [-0.05, 0) is 23.6 Å². The van der Waals surface area contributed by atoms with Crippen LogP contribution in [0.2, 0.25) is 0 Å². The van der Waals surface area contributed by atoms with Crippen LogP contribution in [-0.2, 0) is 11.2 Å². The van der Waals surface area contributed by atoms with Gasteiger partial charge in [0.05, 0.1) is 6.04 Å². The average molecular weight is 388 g/mol. The highest BCUT2D eigenvalue weighted by atomic mass is 35.5. The Kier molecular flexibility index (Phi) is 7.95. The normalized spacial score (nSPS) is 16.5. The monoisotopic (exact) mass is 387 g/mol. The van der Waals surface area contributed by atoms with E-state index in [1.54, 1.807) is 12.4 Å². The summed E-state index contributed by atoms with van der Waals surface area (Å²) in [6, 6.07) is 11.5. The number of benzene rings is 1. The molecular weight excluding hydrogens is 362 g/mol. The molecule has 0 saturated carbocycles. The van der Waals surface area contributed by atoms with Gasteiger partial charge in [0, 0.05) is 50.4 Å². The Morgan fingerprint density at radius 2 is 1.96 bits per heavy atom. The molecule has 2 heterocycles. The van der Waals surface area contributed by atoms with E-state index in [1.807, 2.05) is 41.3 Å². The molecule has 6 heteroatoms. The van der Waals surface area contributed by atoms with Gasteiger partial charge in [0.25, 0.3) is 0 Å². The largest absolute Gasteiger partial charge is 0.333 e. The molecule has 5 nitrogen and oxygen atoms in total. The standard InChI is InChI=1S/C21H25N3O2.ClH/c1-2-16-5-7-17(8-6-16)20(25)9-10-21(26)24-13-12-23-15-19(24)18-4-3-11-22-14-18;/h3-8,11,14,19,23H,2,9-10,12-13,15H2,1H3;1H. The topological polar surface area (TPSA) is 62.3 Å². The number of piperazine rings is 1. The Bertz CT molecular complexity index is 750. The van der Waals surface area contributed by atoms with Crippen molar-refractivity contribution in [1.29, 1.82) is 0 Å². The molecule has 1 aromatic heterocycles. The fourth-order valence-corrected chi connectivity index (χ4v) is 3.31. The van der Waals surface area contributed by atoms with Crippen LogP contribution in [-0.4, -0.2) is 41.2 Å². The predicted molar refractivity (Wildman–Crippen MR) is 108 cm³/mol. The number of carbonyl (C=O) groups excluding carboxylic acids is 2. The van der Waals surface area contributed by atoms with Gasteiger partial charge in [-0.25, -0.2) is 0 Å². The first kappa shape index (κ1) is 21.1. The first-order chi connectivity index (χ1) is 12.7. The zero-order valence-electron chi connectivity index (χ0n) is 15.6. The van der Waals surface area contributed by atoms with E-state index in [-0.39, 0.29) is 43.0 Å². The summed E-state index contributed by atoms with van der Waals surface area (Å²) >= 11 is 0. The number of nitrogens with one attached hydrogen (secondary N) is 1. The van der Waals surface area contributed by atoms with Gasteiger partial charge in [0.2, 0.25) is 5.91 Å². The van der Waals surface area contributed by atoms with Gasteiger partial charge in [-0.15, -0.1) is 12.4 Å². The number of halogens is 1. The fourth-order valence-electron chi connectivity index (χ4n) is 3.31. The second kappa shape index (κ2) is 10.2. The zero-order valence-corrected chi connectivity index (χ0v) is 16.4. The van der Waals surface area contributed by atoms with Crippen molar-refractivity contribution in [1.82, 2.24) is 15.2 Å². The lowest BCUT2D eigenvalue weighted by molar-refractivity contribution is -0.134. The van der Waals surface area contributed by atoms with Crippen molar-refractivity contribution in [2.45, 2.75) is 32.2 Å². The molecule has 1 saturated heterocycles. The maximum absolute atomic E-state index is 12.7. The highest BCUT2D eigenvalue weighted by Gasteiger charge is 2.28. The first-order valence-electron chi connectivity index (χ1n) is 9.21. The lowest BCUT2D eigenvalue weighted by atomic mass is 10.0. The van der Waals surface area contributed by atoms with Gasteiger partial charge in [-0.1, -0.05) is 37.3 Å². The Morgan fingerprint density at radius 3 is 2.63 bits per heavy atom. The van der Waals surface area contributed by atoms with Crippen LogP contribution in [0.1, 0.15) is 47.3 Å². The molecule has 0 radical (unpaired) electrons. The Labute approximate surface area is 166 Å². The third-order valence-electron chi connectivity index (χ3n) is 4.88. The summed E-state index contributed by atoms with van der Waals surface area (Å²) in [5, 5.41) is 3.33. The number of pyridine rings is 1. The molecule has 1 unspecified atom stereocenters. The second-order valence-corrected chi connectivity index (χ2v) is 6.57. The van der Waals surface area contributed by atoms with Crippen molar-refractivity contribution in [2.75, 3.05) is 19.6 Å². The number of hydrogen-bond acceptors (Lipinski definition) is 4. The van der Waals surface area contributed by atoms with E-state index in [9.17, 15) is 9.59 Å². The molecule has 27 heavy (non-hydrogen) atoms. The number of ketones is 1. The molecular formula is C21H26ClN3O2. The van der Waals surface area contributed by atoms with Crippen molar-refractivity contribution in [2.24, 2.45) is 0 Å². The fraction of sp³-hybridized carbons (Fsp3) is 0.381. The van der Waals surface area contributed by atoms with Crippen molar-refractivity contribution in [3.63, 3.8) is 0 Å². The number of carbonyl (C=O) groups is 2. The Hall–Kier alpha value is -2.24. The molecule has 1 aliphatic heterocycles. The zero-order chi connectivity index (χ0) is 18.4. The third-order valence-corrected chi connectivity index (χ3v) is 4.88. The van der Waals surface area contributed by atoms with Crippen LogP contribution in [0.4, 0.5) is 0 Å². The van der Waals surface area contributed by atoms with Gasteiger partial charge in [-0.2, -0.15) is 0 Å². The summed E-state index contributed by atoms with van der Waals surface area (Å²) < 4.78 is 0. The van der Waals surface area contributed by atoms with Crippen LogP contribution >= 0.6 is 12.4 Å². The number of rotatable bonds is 6. The quantitative estimate of drug-likeness (QED) is 0.773. The number of amides is 1. The Morgan fingerprint density at radius 1 is 1.19 bits per heavy atom. The van der Waals surface area contributed by atoms with E-state index >= 15 is 0 Å². The van der Waals surface area contributed by atoms with Gasteiger partial charge >= 0.3 is 0 Å². The van der Waals surface area contributed by atoms with Crippen molar-refractivity contribution in [3.8, 4) is 0 Å². The Balaban J connectivity index is 0.00000261. The SMILES string of the molecule is CCc1ccc(C(=O)CCC(=O)N2CCNCC2c2cccnc2)cc1.Cl. The van der Waals surface area contributed by atoms with Crippen molar-refractivity contribution < 1.29 is 9.59 Å². The maximum Gasteiger partial charge on any atom is 0.223 e. The lowest BCUT2D eigenvalue weighted by Crippen LogP contribution is -2.48. The van der Waals surface area contributed by atoms with E-state index in [0.717, 1.165) is 18.5 Å². The number of nitrogens with zero attached hydrogens (tertiary/aromatic N) is 2. The molecule has 1 fully saturated rings. The molecule has 1 aliphatic rings. The summed E-state index contributed by atoms with van der Waals surface area (Å²) in [6.45, 7) is 4.22. The van der Waals surface area contributed by atoms with Gasteiger partial charge in [0.1, 0.15) is 0 Å². The molecule has 1 amide bonds. The van der Waals surface area contributed by atoms with Gasteiger partial charge in [-0.3, -0.25) is 14.6 Å². The number of aryl methyl sites for hydroxylation is 1. The van der Waals surface area contributed by atoms with Crippen LogP contribution in [0, 0.1) is 0 Å². The second-order valence-electron chi connectivity index (χ2n) is 6.57. The number of hydrogen-bond donors (Lipinski definition) is 1. The average Bonchev–Trinajstić information content (AvgIpc) is 2.72. The molecule has 0 aliphatic carbocycles. The molecule has 144 valence electrons. The minimum absolute atomic E-state index is 0. The van der Waals surface area contributed by atoms with Crippen LogP contribution in [0.5, 0.6) is 0 Å². The smallest absolute Gasteiger partial charge is 0.223 e. The maximum atomic E-state index is 12.7. The van der Waals surface area contributed by atoms with Crippen molar-refractivity contribution in [3.05, 3.63) is 65.5 Å². The van der Waals surface area contributed by atoms with E-state index in [4.69, 9.17) is 0 Å². The molecule has 0 spiro atoms. The molecule has 1 N–H and O–H groups in total. The summed E-state index contributed by atoms with van der Waals surface area (Å²) in [5.74, 6) is 0.0490. The number of Topliss-reactive ketones (excluding diaryl/α,β-unsaturated/α-hetero) is 1. The first-order valence-corrected chi connectivity index (χ1v) is 9.21. The highest BCUT2D eigenvalue weighted by Crippen LogP contribution is 2.22. The highest BCUT2D eigenvalue weighted by molar-refractivity contribution is 5.98. The van der Waals surface area contributed by atoms with Crippen LogP contribution < -0.4 is 5.32 Å². The predicted octanol–water partition coefficient (Wildman–Crippen LogP) is 3.20. The molecule has 1 atom stereocenters. The van der Waals surface area contributed by atoms with E-state index < -0.39 is 0 Å². The molecule has 3 rings (SSSR count). The van der Waals surface area contributed by atoms with Crippen LogP contribution in [0.3, 0.4) is 0 Å². The molecule has 2 aromatic rings. The van der Waals surface area contributed by atoms with E-state index in [0.29, 0.717) is 18.7 Å². The summed E-state index contributed by atoms with van der Waals surface area (Å²) in [5.41, 5.74) is 2.91. The molecule has 1 aromatic carbocycles. The van der Waals surface area contributed by atoms with Crippen molar-refractivity contribution >= 4 is 24.1 Å². The lowest BCUT2D eigenvalue weighted by Gasteiger charge is -2.36. The molecule has 0 bridgehead atoms. The van der Waals surface area contributed by atoms with E-state index in [1.165, 1.54) is 5.56 Å². The summed E-state index contributed by atoms with van der Waals surface area (Å²) in [7, 11) is 0. The third kappa shape index (κ3) is 5.37. The van der Waals surface area contributed by atoms with Crippen LogP contribution in [0.15, 0.2) is 48.8 Å².